The number of esters is 1. The highest BCUT2D eigenvalue weighted by Gasteiger charge is 2.35. The third kappa shape index (κ3) is 6.05. The summed E-state index contributed by atoms with van der Waals surface area (Å²) in [6.07, 6.45) is 3.80. The van der Waals surface area contributed by atoms with Crippen molar-refractivity contribution in [1.82, 2.24) is 14.8 Å². The molecule has 1 aliphatic heterocycles. The summed E-state index contributed by atoms with van der Waals surface area (Å²) in [4.78, 5) is 17.8. The van der Waals surface area contributed by atoms with E-state index in [2.05, 4.69) is 31.1 Å². The zero-order valence-electron chi connectivity index (χ0n) is 20.8. The average Bonchev–Trinajstić information content (AvgIpc) is 3.21. The third-order valence-corrected chi connectivity index (χ3v) is 6.12. The first kappa shape index (κ1) is 25.9. The normalized spacial score (nSPS) is 15.0. The highest BCUT2D eigenvalue weighted by molar-refractivity contribution is 7.99. The Kier molecular flexibility index (Phi) is 9.68. The number of nitrogens with one attached hydrogen (secondary N) is 1. The van der Waals surface area contributed by atoms with Crippen LogP contribution in [0.2, 0.25) is 0 Å². The Morgan fingerprint density at radius 3 is 2.56 bits per heavy atom. The maximum absolute atomic E-state index is 13.2. The maximum Gasteiger partial charge on any atom is 0.338 e. The van der Waals surface area contributed by atoms with Gasteiger partial charge in [0.2, 0.25) is 11.1 Å². The van der Waals surface area contributed by atoms with Gasteiger partial charge in [0.05, 0.1) is 25.4 Å². The number of unbranched alkanes of at least 4 members (excludes halogenated alkanes) is 2. The van der Waals surface area contributed by atoms with E-state index in [0.29, 0.717) is 53.7 Å². The van der Waals surface area contributed by atoms with Crippen LogP contribution in [0.5, 0.6) is 11.5 Å². The van der Waals surface area contributed by atoms with Crippen LogP contribution in [0.1, 0.15) is 71.9 Å². The van der Waals surface area contributed by atoms with Crippen LogP contribution < -0.4 is 14.8 Å². The van der Waals surface area contributed by atoms with Crippen LogP contribution in [0.25, 0.3) is 0 Å². The molecule has 1 aromatic heterocycles. The minimum Gasteiger partial charge on any atom is -0.490 e. The van der Waals surface area contributed by atoms with E-state index in [1.807, 2.05) is 32.0 Å². The fourth-order valence-corrected chi connectivity index (χ4v) is 4.24. The van der Waals surface area contributed by atoms with E-state index in [4.69, 9.17) is 19.3 Å². The summed E-state index contributed by atoms with van der Waals surface area (Å²) in [5, 5.41) is 8.62. The minimum atomic E-state index is -0.493. The molecular formula is C25H36N4O4S. The van der Waals surface area contributed by atoms with Gasteiger partial charge >= 0.3 is 5.97 Å². The van der Waals surface area contributed by atoms with Crippen molar-refractivity contribution >= 4 is 23.7 Å². The Hall–Kier alpha value is -2.68. The Labute approximate surface area is 206 Å². The lowest BCUT2D eigenvalue weighted by molar-refractivity contribution is -0.139. The first-order valence-corrected chi connectivity index (χ1v) is 13.2. The topological polar surface area (TPSA) is 87.5 Å². The number of hydrogen-bond acceptors (Lipinski definition) is 8. The Morgan fingerprint density at radius 2 is 1.85 bits per heavy atom. The summed E-state index contributed by atoms with van der Waals surface area (Å²) in [7, 11) is 0. The molecule has 0 aliphatic carbocycles. The molecule has 186 valence electrons. The molecule has 2 heterocycles. The number of ether oxygens (including phenoxy) is 3. The fourth-order valence-electron chi connectivity index (χ4n) is 3.69. The van der Waals surface area contributed by atoms with Crippen LogP contribution in [-0.4, -0.2) is 46.3 Å². The predicted molar refractivity (Wildman–Crippen MR) is 135 cm³/mol. The highest BCUT2D eigenvalue weighted by Crippen LogP contribution is 2.40. The standard InChI is InChI=1S/C25H36N4O4S/c1-6-10-14-32-19-13-12-18(16-20(19)31-8-3)22-21(23(30)33-15-11-7-2)17(5)26-24-27-25(34-9-4)28-29(22)24/h12-13,16,22H,6-11,14-15H2,1-5H3,(H,26,27,28). The molecule has 1 aliphatic rings. The minimum absolute atomic E-state index is 0.351. The number of benzene rings is 1. The molecule has 1 N–H and O–H groups in total. The van der Waals surface area contributed by atoms with Crippen LogP contribution in [0.4, 0.5) is 5.95 Å². The first-order valence-electron chi connectivity index (χ1n) is 12.2. The SMILES string of the molecule is CCCCOC(=O)C1=C(C)Nc2nc(SCC)nn2C1c1ccc(OCCCC)c(OCC)c1. The summed E-state index contributed by atoms with van der Waals surface area (Å²) >= 11 is 1.56. The fraction of sp³-hybridized carbons (Fsp3) is 0.560. The van der Waals surface area contributed by atoms with Gasteiger partial charge in [0.15, 0.2) is 11.5 Å². The van der Waals surface area contributed by atoms with Crippen LogP contribution >= 0.6 is 11.8 Å². The number of fused-ring (bicyclic) bond motifs is 1. The molecule has 3 rings (SSSR count). The zero-order chi connectivity index (χ0) is 24.5. The Bertz CT molecular complexity index is 1000. The maximum atomic E-state index is 13.2. The number of carbonyl (C=O) groups is 1. The van der Waals surface area contributed by atoms with Crippen molar-refractivity contribution in [2.24, 2.45) is 0 Å². The Balaban J connectivity index is 2.04. The number of allylic oxidation sites excluding steroid dienone is 1. The van der Waals surface area contributed by atoms with Crippen LogP contribution in [0.15, 0.2) is 34.6 Å². The lowest BCUT2D eigenvalue weighted by Crippen LogP contribution is -2.30. The van der Waals surface area contributed by atoms with Crippen LogP contribution in [-0.2, 0) is 9.53 Å². The molecule has 34 heavy (non-hydrogen) atoms. The van der Waals surface area contributed by atoms with Crippen molar-refractivity contribution < 1.29 is 19.0 Å². The number of aromatic nitrogens is 3. The molecule has 9 heteroatoms. The number of nitrogens with zero attached hydrogens (tertiary/aromatic N) is 3. The summed E-state index contributed by atoms with van der Waals surface area (Å²) < 4.78 is 19.3. The van der Waals surface area contributed by atoms with E-state index in [9.17, 15) is 4.79 Å². The van der Waals surface area contributed by atoms with Crippen molar-refractivity contribution in [3.05, 3.63) is 35.0 Å². The van der Waals surface area contributed by atoms with Gasteiger partial charge in [-0.25, -0.2) is 9.48 Å². The largest absolute Gasteiger partial charge is 0.490 e. The van der Waals surface area contributed by atoms with Gasteiger partial charge in [0.1, 0.15) is 6.04 Å². The van der Waals surface area contributed by atoms with Gasteiger partial charge in [0, 0.05) is 5.70 Å². The van der Waals surface area contributed by atoms with Crippen molar-refractivity contribution in [3.8, 4) is 11.5 Å². The van der Waals surface area contributed by atoms with E-state index in [0.717, 1.165) is 37.0 Å². The summed E-state index contributed by atoms with van der Waals surface area (Å²) in [5.74, 6) is 2.45. The molecule has 0 fully saturated rings. The van der Waals surface area contributed by atoms with Gasteiger partial charge in [-0.05, 0) is 50.1 Å². The number of rotatable bonds is 13. The second-order valence-electron chi connectivity index (χ2n) is 7.99. The lowest BCUT2D eigenvalue weighted by atomic mass is 9.95. The molecule has 1 atom stereocenters. The summed E-state index contributed by atoms with van der Waals surface area (Å²) in [6.45, 7) is 11.6. The van der Waals surface area contributed by atoms with Gasteiger partial charge in [-0.1, -0.05) is 51.4 Å². The van der Waals surface area contributed by atoms with E-state index >= 15 is 0 Å². The van der Waals surface area contributed by atoms with Crippen molar-refractivity contribution in [3.63, 3.8) is 0 Å². The molecule has 0 bridgehead atoms. The third-order valence-electron chi connectivity index (χ3n) is 5.40. The molecule has 0 saturated carbocycles. The van der Waals surface area contributed by atoms with E-state index in [1.54, 1.807) is 16.4 Å². The molecule has 0 saturated heterocycles. The van der Waals surface area contributed by atoms with Crippen LogP contribution in [0, 0.1) is 0 Å². The van der Waals surface area contributed by atoms with Gasteiger partial charge in [-0.3, -0.25) is 0 Å². The summed E-state index contributed by atoms with van der Waals surface area (Å²) in [6, 6.07) is 5.31. The molecule has 0 radical (unpaired) electrons. The highest BCUT2D eigenvalue weighted by atomic mass is 32.2. The zero-order valence-corrected chi connectivity index (χ0v) is 21.7. The van der Waals surface area contributed by atoms with Crippen molar-refractivity contribution in [2.45, 2.75) is 71.5 Å². The van der Waals surface area contributed by atoms with Gasteiger partial charge in [0.25, 0.3) is 0 Å². The van der Waals surface area contributed by atoms with Gasteiger partial charge in [-0.2, -0.15) is 4.98 Å². The summed E-state index contributed by atoms with van der Waals surface area (Å²) in [5.41, 5.74) is 2.08. The van der Waals surface area contributed by atoms with Crippen LogP contribution in [0.3, 0.4) is 0 Å². The number of hydrogen-bond donors (Lipinski definition) is 1. The quantitative estimate of drug-likeness (QED) is 0.221. The lowest BCUT2D eigenvalue weighted by Gasteiger charge is -2.28. The molecule has 2 aromatic rings. The average molecular weight is 489 g/mol. The second kappa shape index (κ2) is 12.7. The van der Waals surface area contributed by atoms with Crippen molar-refractivity contribution in [2.75, 3.05) is 30.9 Å². The van der Waals surface area contributed by atoms with E-state index in [-0.39, 0.29) is 5.97 Å². The molecule has 1 aromatic carbocycles. The van der Waals surface area contributed by atoms with Crippen molar-refractivity contribution in [1.29, 1.82) is 0 Å². The number of anilines is 1. The predicted octanol–water partition coefficient (Wildman–Crippen LogP) is 5.60. The molecular weight excluding hydrogens is 452 g/mol. The second-order valence-corrected chi connectivity index (χ2v) is 9.22. The smallest absolute Gasteiger partial charge is 0.338 e. The first-order chi connectivity index (χ1) is 16.5. The molecule has 8 nitrogen and oxygen atoms in total. The number of thioether (sulfide) groups is 1. The van der Waals surface area contributed by atoms with E-state index in [1.165, 1.54) is 0 Å². The molecule has 1 unspecified atom stereocenters. The molecule has 0 amide bonds. The van der Waals surface area contributed by atoms with Gasteiger partial charge < -0.3 is 19.5 Å². The van der Waals surface area contributed by atoms with Gasteiger partial charge in [-0.15, -0.1) is 5.10 Å². The number of carbonyl (C=O) groups excluding carboxylic acids is 1. The Morgan fingerprint density at radius 1 is 1.09 bits per heavy atom. The van der Waals surface area contributed by atoms with E-state index < -0.39 is 6.04 Å². The molecule has 0 spiro atoms. The monoisotopic (exact) mass is 488 g/mol.